The maximum absolute atomic E-state index is 11.8. The molecule has 2 N–H and O–H groups in total. The number of aromatic nitrogens is 10. The van der Waals surface area contributed by atoms with Gasteiger partial charge in [-0.25, -0.2) is 19.0 Å². The summed E-state index contributed by atoms with van der Waals surface area (Å²) in [5.74, 6) is 2.53. The van der Waals surface area contributed by atoms with Crippen molar-refractivity contribution in [2.24, 2.45) is 0 Å². The zero-order chi connectivity index (χ0) is 50.7. The molecule has 2 aliphatic carbocycles. The van der Waals surface area contributed by atoms with Crippen molar-refractivity contribution in [3.05, 3.63) is 65.2 Å². The van der Waals surface area contributed by atoms with Crippen LogP contribution in [-0.4, -0.2) is 145 Å². The first kappa shape index (κ1) is 51.8. The van der Waals surface area contributed by atoms with Gasteiger partial charge in [-0.15, -0.1) is 10.2 Å². The third-order valence-electron chi connectivity index (χ3n) is 14.6. The fraction of sp³-hybridized carbons (Fsp3) is 0.600. The molecule has 72 heavy (non-hydrogen) atoms. The number of carbonyl (C=O) groups excluding carboxylic acids is 2. The Morgan fingerprint density at radius 3 is 1.67 bits per heavy atom. The van der Waals surface area contributed by atoms with Crippen molar-refractivity contribution in [2.45, 2.75) is 140 Å². The van der Waals surface area contributed by atoms with E-state index in [0.29, 0.717) is 99.5 Å². The maximum atomic E-state index is 11.8. The lowest BCUT2D eigenvalue weighted by Crippen LogP contribution is -2.41. The van der Waals surface area contributed by atoms with Crippen molar-refractivity contribution in [1.29, 1.82) is 0 Å². The van der Waals surface area contributed by atoms with Gasteiger partial charge in [0.05, 0.1) is 92.6 Å². The predicted octanol–water partition coefficient (Wildman–Crippen LogP) is 6.76. The highest BCUT2D eigenvalue weighted by atomic mass is 79.9. The summed E-state index contributed by atoms with van der Waals surface area (Å²) in [6.07, 6.45) is 17.6. The number of carbonyl (C=O) groups is 2. The number of halogens is 1. The van der Waals surface area contributed by atoms with Crippen LogP contribution in [0.25, 0.3) is 22.2 Å². The van der Waals surface area contributed by atoms with Crippen LogP contribution >= 0.6 is 15.9 Å². The van der Waals surface area contributed by atoms with Gasteiger partial charge >= 0.3 is 7.12 Å². The molecule has 20 nitrogen and oxygen atoms in total. The summed E-state index contributed by atoms with van der Waals surface area (Å²) in [7, 11) is 3.02. The lowest BCUT2D eigenvalue weighted by atomic mass is 9.82. The van der Waals surface area contributed by atoms with E-state index >= 15 is 0 Å². The molecular weight excluding hydrogens is 987 g/mol. The number of rotatable bonds is 14. The number of hydrogen-bond donors (Lipinski definition) is 2. The van der Waals surface area contributed by atoms with Crippen molar-refractivity contribution < 1.29 is 37.8 Å². The zero-order valence-corrected chi connectivity index (χ0v) is 44.3. The molecule has 386 valence electrons. The highest BCUT2D eigenvalue weighted by Crippen LogP contribution is 2.39. The highest BCUT2D eigenvalue weighted by molar-refractivity contribution is 9.10. The van der Waals surface area contributed by atoms with Crippen molar-refractivity contribution in [2.75, 3.05) is 64.5 Å². The Morgan fingerprint density at radius 1 is 0.694 bits per heavy atom. The van der Waals surface area contributed by atoms with E-state index in [1.807, 2.05) is 63.2 Å². The topological polar surface area (TPSA) is 210 Å². The molecule has 22 heteroatoms. The number of Topliss-reactive ketones (excluding diaryl/α,β-unsaturated/α-hetero) is 2. The van der Waals surface area contributed by atoms with Crippen LogP contribution in [0.3, 0.4) is 0 Å². The van der Waals surface area contributed by atoms with Gasteiger partial charge < -0.3 is 38.9 Å². The van der Waals surface area contributed by atoms with Crippen LogP contribution in [0.4, 0.5) is 11.9 Å². The van der Waals surface area contributed by atoms with Gasteiger partial charge in [-0.2, -0.15) is 10.2 Å². The van der Waals surface area contributed by atoms with Crippen LogP contribution in [0.1, 0.15) is 128 Å². The number of ketones is 2. The number of ether oxygens (including phenoxy) is 4. The van der Waals surface area contributed by atoms with Gasteiger partial charge in [-0.05, 0) is 95.3 Å². The third kappa shape index (κ3) is 11.5. The molecule has 9 heterocycles. The fourth-order valence-electron chi connectivity index (χ4n) is 9.51. The summed E-state index contributed by atoms with van der Waals surface area (Å²) in [6, 6.07) is 5.20. The Balaban J connectivity index is 0.000000139. The number of fused-ring (bicyclic) bond motifs is 2. The van der Waals surface area contributed by atoms with Gasteiger partial charge in [-0.3, -0.25) is 19.0 Å². The quantitative estimate of drug-likeness (QED) is 0.108. The molecule has 0 radical (unpaired) electrons. The molecule has 0 spiro atoms. The van der Waals surface area contributed by atoms with Gasteiger partial charge in [0.2, 0.25) is 11.9 Å². The van der Waals surface area contributed by atoms with Crippen molar-refractivity contribution in [1.82, 2.24) is 48.8 Å². The minimum Gasteiger partial charge on any atom is -0.399 e. The first-order valence-corrected chi connectivity index (χ1v) is 26.0. The Hall–Kier alpha value is -5.10. The second-order valence-electron chi connectivity index (χ2n) is 20.7. The first-order chi connectivity index (χ1) is 34.6. The number of nitrogens with zero attached hydrogens (tertiary/aromatic N) is 10. The van der Waals surface area contributed by atoms with E-state index in [4.69, 9.17) is 33.4 Å². The van der Waals surface area contributed by atoms with Gasteiger partial charge in [0.25, 0.3) is 0 Å². The molecule has 6 aromatic rings. The molecule has 2 atom stereocenters. The standard InChI is InChI=1S/C22H28N6O3.C16H21BrN4O2.C12H19BN2O3/c1-14(11-30-2)25-22-23-9-21-19(16-8-24-27(10-16)17-12-31-13-17)7-20(28(21)26-22)15-3-5-18(29)6-4-15;1-10(9-23-2)19-16-18-8-15-13(17)7-14(21(15)20-16)11-3-5-12(22)6-4-11;1-11(2)12(3,4)18-13(17-11)9-5-14-15(6-9)10-7-16-8-10/h7-10,14-15,17H,3-6,11-13H2,1-2H3,(H,25,26);7-8,10-11H,3-6,9H2,1-2H3,(H,19,20);5-6,10H,7-8H2,1-4H3/t14-;10-;/m00./s1. The minimum atomic E-state index is -0.329. The van der Waals surface area contributed by atoms with E-state index in [2.05, 4.69) is 97.9 Å². The summed E-state index contributed by atoms with van der Waals surface area (Å²) in [4.78, 5) is 32.2. The molecule has 0 unspecified atom stereocenters. The minimum absolute atomic E-state index is 0.0937. The normalized spacial score (nSPS) is 20.4. The van der Waals surface area contributed by atoms with Crippen LogP contribution in [0.2, 0.25) is 0 Å². The zero-order valence-electron chi connectivity index (χ0n) is 42.7. The van der Waals surface area contributed by atoms with Crippen LogP contribution in [0.5, 0.6) is 0 Å². The summed E-state index contributed by atoms with van der Waals surface area (Å²) in [6.45, 7) is 16.3. The molecule has 0 amide bonds. The van der Waals surface area contributed by atoms with Crippen LogP contribution < -0.4 is 16.1 Å². The number of anilines is 2. The third-order valence-corrected chi connectivity index (χ3v) is 15.2. The van der Waals surface area contributed by atoms with Gasteiger partial charge in [0, 0.05) is 115 Å². The predicted molar refractivity (Wildman–Crippen MR) is 275 cm³/mol. The summed E-state index contributed by atoms with van der Waals surface area (Å²) < 4.78 is 41.6. The second-order valence-corrected chi connectivity index (χ2v) is 21.6. The van der Waals surface area contributed by atoms with Crippen molar-refractivity contribution >= 4 is 63.0 Å². The average Bonchev–Trinajstić information content (AvgIpc) is 4.15. The smallest absolute Gasteiger partial charge is 0.399 e. The first-order valence-electron chi connectivity index (χ1n) is 25.2. The van der Waals surface area contributed by atoms with Crippen LogP contribution in [0, 0.1) is 0 Å². The summed E-state index contributed by atoms with van der Waals surface area (Å²) >= 11 is 3.59. The van der Waals surface area contributed by atoms with Crippen molar-refractivity contribution in [3.8, 4) is 11.1 Å². The average molecular weight is 1060 g/mol. The van der Waals surface area contributed by atoms with E-state index < -0.39 is 0 Å². The van der Waals surface area contributed by atoms with Gasteiger partial charge in [0.15, 0.2) is 0 Å². The maximum Gasteiger partial charge on any atom is 0.498 e. The summed E-state index contributed by atoms with van der Waals surface area (Å²) in [5.41, 5.74) is 6.63. The van der Waals surface area contributed by atoms with Crippen molar-refractivity contribution in [3.63, 3.8) is 0 Å². The van der Waals surface area contributed by atoms with E-state index in [1.54, 1.807) is 14.2 Å². The SMILES string of the molecule is CC1(C)OB(c2cnn(C3COC3)c2)OC1(C)C.COC[C@H](C)Nc1ncc2c(-c3cnn(C4COC4)c3)cc(C3CCC(=O)CC3)n2n1.COC[C@H](C)Nc1ncc2c(Br)cc(C3CCC(=O)CC3)n2n1. The molecule has 0 bridgehead atoms. The monoisotopic (exact) mass is 1050 g/mol. The number of hydrogen-bond acceptors (Lipinski definition) is 16. The van der Waals surface area contributed by atoms with Gasteiger partial charge in [0.1, 0.15) is 11.6 Å². The van der Waals surface area contributed by atoms with Gasteiger partial charge in [-0.1, -0.05) is 0 Å². The second kappa shape index (κ2) is 22.2. The lowest BCUT2D eigenvalue weighted by Gasteiger charge is -2.32. The molecule has 2 saturated carbocycles. The molecule has 0 aromatic carbocycles. The molecule has 3 aliphatic heterocycles. The molecule has 11 rings (SSSR count). The van der Waals surface area contributed by atoms with E-state index in [9.17, 15) is 9.59 Å². The summed E-state index contributed by atoms with van der Waals surface area (Å²) in [5, 5.41) is 24.9. The van der Waals surface area contributed by atoms with E-state index in [1.165, 1.54) is 0 Å². The van der Waals surface area contributed by atoms with Crippen LogP contribution in [0.15, 0.2) is 53.8 Å². The number of methoxy groups -OCH3 is 2. The molecule has 5 fully saturated rings. The lowest BCUT2D eigenvalue weighted by molar-refractivity contribution is -0.121. The molecular formula is C50H68BBrN12O8. The van der Waals surface area contributed by atoms with E-state index in [0.717, 1.165) is 82.4 Å². The Bertz CT molecular complexity index is 2800. The molecule has 5 aliphatic rings. The Kier molecular flexibility index (Phi) is 15.9. The Morgan fingerprint density at radius 2 is 1.17 bits per heavy atom. The largest absolute Gasteiger partial charge is 0.498 e. The Labute approximate surface area is 428 Å². The highest BCUT2D eigenvalue weighted by Gasteiger charge is 2.52. The van der Waals surface area contributed by atoms with E-state index in [-0.39, 0.29) is 30.4 Å². The fourth-order valence-corrected chi connectivity index (χ4v) is 10.0. The number of nitrogens with one attached hydrogen (secondary N) is 2. The van der Waals surface area contributed by atoms with Crippen LogP contribution in [-0.2, 0) is 37.8 Å². The molecule has 6 aromatic heterocycles. The molecule has 3 saturated heterocycles.